The number of hydrogen-bond donors (Lipinski definition) is 0. The second kappa shape index (κ2) is 6.17. The van der Waals surface area contributed by atoms with Crippen molar-refractivity contribution in [2.75, 3.05) is 11.4 Å². The first-order valence-corrected chi connectivity index (χ1v) is 8.52. The van der Waals surface area contributed by atoms with Gasteiger partial charge in [-0.05, 0) is 36.8 Å². The fraction of sp³-hybridized carbons (Fsp3) is 0.105. The van der Waals surface area contributed by atoms with Crippen LogP contribution in [-0.4, -0.2) is 12.5 Å². The van der Waals surface area contributed by atoms with E-state index in [0.717, 1.165) is 0 Å². The molecule has 0 spiro atoms. The first kappa shape index (κ1) is 16.6. The van der Waals surface area contributed by atoms with E-state index in [1.165, 1.54) is 11.0 Å². The SMILES string of the molecule is N#Cc1cc(Cl)ccc1N1CCc2c(oc3c(Cl)cccc3c2=O)C1=O. The molecule has 2 aromatic carbocycles. The number of carbonyl (C=O) groups is 1. The van der Waals surface area contributed by atoms with Crippen molar-refractivity contribution in [3.63, 3.8) is 0 Å². The predicted molar refractivity (Wildman–Crippen MR) is 99.0 cm³/mol. The van der Waals surface area contributed by atoms with Gasteiger partial charge in [0, 0.05) is 11.6 Å². The van der Waals surface area contributed by atoms with Crippen molar-refractivity contribution in [2.45, 2.75) is 6.42 Å². The van der Waals surface area contributed by atoms with Gasteiger partial charge in [-0.1, -0.05) is 29.3 Å². The van der Waals surface area contributed by atoms with Crippen LogP contribution in [0.1, 0.15) is 21.7 Å². The summed E-state index contributed by atoms with van der Waals surface area (Å²) in [6.45, 7) is 0.263. The lowest BCUT2D eigenvalue weighted by atomic mass is 10.0. The van der Waals surface area contributed by atoms with Gasteiger partial charge in [0.05, 0.1) is 27.2 Å². The van der Waals surface area contributed by atoms with E-state index in [-0.39, 0.29) is 33.9 Å². The van der Waals surface area contributed by atoms with Gasteiger partial charge in [0.2, 0.25) is 0 Å². The Balaban J connectivity index is 1.90. The van der Waals surface area contributed by atoms with Gasteiger partial charge in [0.15, 0.2) is 16.8 Å². The molecule has 2 heterocycles. The van der Waals surface area contributed by atoms with Gasteiger partial charge in [-0.2, -0.15) is 5.26 Å². The number of amides is 1. The van der Waals surface area contributed by atoms with E-state index in [1.807, 2.05) is 6.07 Å². The van der Waals surface area contributed by atoms with Crippen LogP contribution in [0.3, 0.4) is 0 Å². The Bertz CT molecular complexity index is 1180. The first-order valence-electron chi connectivity index (χ1n) is 7.77. The number of benzene rings is 2. The minimum absolute atomic E-state index is 0.0410. The second-order valence-corrected chi connectivity index (χ2v) is 6.68. The summed E-state index contributed by atoms with van der Waals surface area (Å²) in [6.07, 6.45) is 0.319. The highest BCUT2D eigenvalue weighted by Crippen LogP contribution is 2.31. The summed E-state index contributed by atoms with van der Waals surface area (Å²) in [5.74, 6) is -0.523. The summed E-state index contributed by atoms with van der Waals surface area (Å²) >= 11 is 12.0. The van der Waals surface area contributed by atoms with Crippen LogP contribution in [0.5, 0.6) is 0 Å². The monoisotopic (exact) mass is 384 g/mol. The zero-order valence-electron chi connectivity index (χ0n) is 13.3. The normalized spacial score (nSPS) is 13.6. The maximum Gasteiger partial charge on any atom is 0.294 e. The zero-order chi connectivity index (χ0) is 18.4. The Labute approximate surface area is 158 Å². The molecule has 128 valence electrons. The average Bonchev–Trinajstić information content (AvgIpc) is 2.64. The Morgan fingerprint density at radius 2 is 1.96 bits per heavy atom. The molecule has 0 atom stereocenters. The van der Waals surface area contributed by atoms with E-state index < -0.39 is 5.91 Å². The molecule has 0 unspecified atom stereocenters. The number of halogens is 2. The molecule has 5 nitrogen and oxygen atoms in total. The largest absolute Gasteiger partial charge is 0.449 e. The van der Waals surface area contributed by atoms with E-state index >= 15 is 0 Å². The molecule has 4 rings (SSSR count). The van der Waals surface area contributed by atoms with E-state index in [4.69, 9.17) is 27.6 Å². The lowest BCUT2D eigenvalue weighted by Gasteiger charge is -2.28. The smallest absolute Gasteiger partial charge is 0.294 e. The molecule has 0 radical (unpaired) electrons. The molecule has 7 heteroatoms. The van der Waals surface area contributed by atoms with Crippen LogP contribution in [0.2, 0.25) is 10.0 Å². The number of anilines is 1. The van der Waals surface area contributed by atoms with E-state index in [1.54, 1.807) is 30.3 Å². The fourth-order valence-corrected chi connectivity index (χ4v) is 3.52. The van der Waals surface area contributed by atoms with Crippen LogP contribution < -0.4 is 10.3 Å². The number of para-hydroxylation sites is 1. The molecular formula is C19H10Cl2N2O3. The van der Waals surface area contributed by atoms with Crippen molar-refractivity contribution < 1.29 is 9.21 Å². The van der Waals surface area contributed by atoms with Crippen LogP contribution in [0, 0.1) is 11.3 Å². The summed E-state index contributed by atoms with van der Waals surface area (Å²) in [5, 5.41) is 10.4. The minimum atomic E-state index is -0.482. The molecular weight excluding hydrogens is 375 g/mol. The molecule has 0 fully saturated rings. The van der Waals surface area contributed by atoms with Gasteiger partial charge in [0.1, 0.15) is 6.07 Å². The van der Waals surface area contributed by atoms with Crippen LogP contribution >= 0.6 is 23.2 Å². The van der Waals surface area contributed by atoms with Crippen LogP contribution in [-0.2, 0) is 6.42 Å². The molecule has 1 aromatic heterocycles. The third-order valence-electron chi connectivity index (χ3n) is 4.36. The quantitative estimate of drug-likeness (QED) is 0.630. The molecule has 0 bridgehead atoms. The summed E-state index contributed by atoms with van der Waals surface area (Å²) in [7, 11) is 0. The number of hydrogen-bond acceptors (Lipinski definition) is 4. The zero-order valence-corrected chi connectivity index (χ0v) is 14.8. The Kier molecular flexibility index (Phi) is 3.95. The minimum Gasteiger partial charge on any atom is -0.449 e. The maximum atomic E-state index is 13.0. The lowest BCUT2D eigenvalue weighted by molar-refractivity contribution is 0.0952. The Hall–Kier alpha value is -2.81. The lowest BCUT2D eigenvalue weighted by Crippen LogP contribution is -2.40. The average molecular weight is 385 g/mol. The predicted octanol–water partition coefficient (Wildman–Crippen LogP) is 4.17. The van der Waals surface area contributed by atoms with Crippen molar-refractivity contribution >= 4 is 45.8 Å². The molecule has 0 aliphatic carbocycles. The highest BCUT2D eigenvalue weighted by Gasteiger charge is 2.32. The highest BCUT2D eigenvalue weighted by molar-refractivity contribution is 6.34. The molecule has 0 saturated carbocycles. The van der Waals surface area contributed by atoms with Crippen LogP contribution in [0.15, 0.2) is 45.6 Å². The van der Waals surface area contributed by atoms with Crippen molar-refractivity contribution in [3.8, 4) is 6.07 Å². The number of rotatable bonds is 1. The Morgan fingerprint density at radius 1 is 1.15 bits per heavy atom. The number of nitrogens with zero attached hydrogens (tertiary/aromatic N) is 2. The number of nitriles is 1. The van der Waals surface area contributed by atoms with E-state index in [9.17, 15) is 14.9 Å². The molecule has 3 aromatic rings. The van der Waals surface area contributed by atoms with Crippen LogP contribution in [0.25, 0.3) is 11.0 Å². The standard InChI is InChI=1S/C19H10Cl2N2O3/c20-11-4-5-15(10(8-11)9-22)23-7-6-13-16(24)12-2-1-3-14(21)17(12)26-18(13)19(23)25/h1-5,8H,6-7H2. The van der Waals surface area contributed by atoms with Crippen molar-refractivity contribution in [1.29, 1.82) is 5.26 Å². The number of fused-ring (bicyclic) bond motifs is 2. The van der Waals surface area contributed by atoms with Gasteiger partial charge in [0.25, 0.3) is 5.91 Å². The third kappa shape index (κ3) is 2.47. The second-order valence-electron chi connectivity index (χ2n) is 5.84. The van der Waals surface area contributed by atoms with Gasteiger partial charge < -0.3 is 9.32 Å². The summed E-state index contributed by atoms with van der Waals surface area (Å²) in [4.78, 5) is 27.1. The van der Waals surface area contributed by atoms with Gasteiger partial charge >= 0.3 is 0 Å². The molecule has 1 aliphatic rings. The summed E-state index contributed by atoms with van der Waals surface area (Å²) in [6, 6.07) is 11.6. The first-order chi connectivity index (χ1) is 12.5. The van der Waals surface area contributed by atoms with Gasteiger partial charge in [-0.25, -0.2) is 0 Å². The topological polar surface area (TPSA) is 74.3 Å². The van der Waals surface area contributed by atoms with Gasteiger partial charge in [-0.15, -0.1) is 0 Å². The summed E-state index contributed by atoms with van der Waals surface area (Å²) in [5.41, 5.74) is 0.955. The molecule has 0 saturated heterocycles. The molecule has 0 N–H and O–H groups in total. The fourth-order valence-electron chi connectivity index (χ4n) is 3.13. The Morgan fingerprint density at radius 3 is 2.73 bits per heavy atom. The third-order valence-corrected chi connectivity index (χ3v) is 4.89. The molecule has 26 heavy (non-hydrogen) atoms. The van der Waals surface area contributed by atoms with Crippen molar-refractivity contribution in [2.24, 2.45) is 0 Å². The van der Waals surface area contributed by atoms with E-state index in [2.05, 4.69) is 0 Å². The van der Waals surface area contributed by atoms with Crippen molar-refractivity contribution in [1.82, 2.24) is 0 Å². The number of carbonyl (C=O) groups excluding carboxylic acids is 1. The highest BCUT2D eigenvalue weighted by atomic mass is 35.5. The summed E-state index contributed by atoms with van der Waals surface area (Å²) < 4.78 is 5.72. The van der Waals surface area contributed by atoms with Crippen molar-refractivity contribution in [3.05, 3.63) is 73.6 Å². The van der Waals surface area contributed by atoms with Crippen LogP contribution in [0.4, 0.5) is 5.69 Å². The molecule has 1 amide bonds. The molecule has 1 aliphatic heterocycles. The maximum absolute atomic E-state index is 13.0. The van der Waals surface area contributed by atoms with E-state index in [0.29, 0.717) is 28.1 Å². The van der Waals surface area contributed by atoms with Gasteiger partial charge in [-0.3, -0.25) is 9.59 Å².